The summed E-state index contributed by atoms with van der Waals surface area (Å²) >= 11 is 6.23. The molecule has 2 atom stereocenters. The lowest BCUT2D eigenvalue weighted by atomic mass is 9.88. The second-order valence-corrected chi connectivity index (χ2v) is 9.56. The molecule has 0 saturated carbocycles. The topological polar surface area (TPSA) is 110 Å². The van der Waals surface area contributed by atoms with Crippen LogP contribution in [0.4, 0.5) is 4.39 Å². The van der Waals surface area contributed by atoms with E-state index in [2.05, 4.69) is 25.3 Å². The predicted octanol–water partition coefficient (Wildman–Crippen LogP) is 4.00. The van der Waals surface area contributed by atoms with Crippen LogP contribution in [0.5, 0.6) is 5.75 Å². The first-order valence-corrected chi connectivity index (χ1v) is 11.8. The van der Waals surface area contributed by atoms with Crippen LogP contribution in [0.3, 0.4) is 0 Å². The van der Waals surface area contributed by atoms with Crippen molar-refractivity contribution in [3.8, 4) is 5.75 Å². The molecule has 32 heavy (non-hydrogen) atoms. The first-order chi connectivity index (χ1) is 15.1. The molecule has 2 N–H and O–H groups in total. The molecule has 0 aliphatic carbocycles. The monoisotopic (exact) mass is 481 g/mol. The van der Waals surface area contributed by atoms with Crippen LogP contribution in [0.25, 0.3) is 0 Å². The summed E-state index contributed by atoms with van der Waals surface area (Å²) in [6.07, 6.45) is 0.476. The normalized spacial score (nSPS) is 13.7. The SMILES string of the molecule is CCc1c(Cl)ccc(S(=O)(=O)N[C@H](c2nn[nH]n2)[C@H](C)c2c(F)ccc(C)c2C)c1OC. The number of benzene rings is 2. The molecule has 8 nitrogen and oxygen atoms in total. The number of aryl methyl sites for hydroxylation is 1. The highest BCUT2D eigenvalue weighted by molar-refractivity contribution is 7.89. The van der Waals surface area contributed by atoms with E-state index in [4.69, 9.17) is 16.3 Å². The van der Waals surface area contributed by atoms with E-state index in [0.29, 0.717) is 22.6 Å². The number of methoxy groups -OCH3 is 1. The third-order valence-corrected chi connectivity index (χ3v) is 7.44. The first kappa shape index (κ1) is 24.1. The predicted molar refractivity (Wildman–Crippen MR) is 119 cm³/mol. The Kier molecular flexibility index (Phi) is 7.16. The Bertz CT molecular complexity index is 1220. The van der Waals surface area contributed by atoms with Gasteiger partial charge in [0.2, 0.25) is 10.0 Å². The van der Waals surface area contributed by atoms with Crippen molar-refractivity contribution in [3.05, 3.63) is 63.2 Å². The van der Waals surface area contributed by atoms with Gasteiger partial charge < -0.3 is 4.74 Å². The Morgan fingerprint density at radius 2 is 1.97 bits per heavy atom. The van der Waals surface area contributed by atoms with E-state index in [9.17, 15) is 12.8 Å². The van der Waals surface area contributed by atoms with Crippen LogP contribution in [-0.4, -0.2) is 36.2 Å². The number of hydrogen-bond acceptors (Lipinski definition) is 6. The van der Waals surface area contributed by atoms with Gasteiger partial charge in [0.25, 0.3) is 0 Å². The molecule has 3 aromatic rings. The number of sulfonamides is 1. The quantitative estimate of drug-likeness (QED) is 0.503. The van der Waals surface area contributed by atoms with E-state index in [1.54, 1.807) is 19.9 Å². The van der Waals surface area contributed by atoms with Crippen LogP contribution in [0.2, 0.25) is 5.02 Å². The van der Waals surface area contributed by atoms with Gasteiger partial charge >= 0.3 is 0 Å². The zero-order chi connectivity index (χ0) is 23.6. The highest BCUT2D eigenvalue weighted by Gasteiger charge is 2.34. The zero-order valence-electron chi connectivity index (χ0n) is 18.4. The van der Waals surface area contributed by atoms with Gasteiger partial charge in [-0.25, -0.2) is 12.8 Å². The molecule has 2 aromatic carbocycles. The van der Waals surface area contributed by atoms with Crippen LogP contribution in [-0.2, 0) is 16.4 Å². The minimum absolute atomic E-state index is 0.0802. The maximum absolute atomic E-state index is 14.8. The van der Waals surface area contributed by atoms with E-state index in [1.807, 2.05) is 13.8 Å². The van der Waals surface area contributed by atoms with Crippen molar-refractivity contribution >= 4 is 21.6 Å². The molecule has 3 rings (SSSR count). The fourth-order valence-corrected chi connectivity index (χ4v) is 5.54. The number of nitrogens with zero attached hydrogens (tertiary/aromatic N) is 3. The maximum atomic E-state index is 14.8. The lowest BCUT2D eigenvalue weighted by Crippen LogP contribution is -2.33. The molecule has 0 fully saturated rings. The standard InChI is InChI=1S/C21H25ClFN5O3S/c1-6-14-15(22)8-10-17(20(14)31-5)32(29,30)26-19(21-24-27-28-25-21)13(4)18-12(3)11(2)7-9-16(18)23/h7-10,13,19,26H,6H2,1-5H3,(H,24,25,27,28)/t13-,19+/m1/s1. The lowest BCUT2D eigenvalue weighted by Gasteiger charge is -2.25. The summed E-state index contributed by atoms with van der Waals surface area (Å²) in [5.41, 5.74) is 2.55. The van der Waals surface area contributed by atoms with Crippen molar-refractivity contribution in [2.45, 2.75) is 51.0 Å². The summed E-state index contributed by atoms with van der Waals surface area (Å²) in [7, 11) is -2.76. The van der Waals surface area contributed by atoms with Crippen LogP contribution >= 0.6 is 11.6 Å². The van der Waals surface area contributed by atoms with Crippen LogP contribution in [0.15, 0.2) is 29.2 Å². The van der Waals surface area contributed by atoms with Gasteiger partial charge in [-0.15, -0.1) is 10.2 Å². The number of tetrazole rings is 1. The molecule has 0 radical (unpaired) electrons. The summed E-state index contributed by atoms with van der Waals surface area (Å²) in [6, 6.07) is 4.93. The molecule has 0 amide bonds. The summed E-state index contributed by atoms with van der Waals surface area (Å²) in [6.45, 7) is 7.22. The molecular weight excluding hydrogens is 457 g/mol. The second kappa shape index (κ2) is 9.51. The number of aromatic amines is 1. The molecule has 172 valence electrons. The average Bonchev–Trinajstić information content (AvgIpc) is 3.29. The lowest BCUT2D eigenvalue weighted by molar-refractivity contribution is 0.396. The van der Waals surface area contributed by atoms with Gasteiger partial charge in [-0.1, -0.05) is 36.7 Å². The zero-order valence-corrected chi connectivity index (χ0v) is 20.0. The summed E-state index contributed by atoms with van der Waals surface area (Å²) in [5.74, 6) is -0.841. The van der Waals surface area contributed by atoms with Gasteiger partial charge in [0.15, 0.2) is 5.82 Å². The van der Waals surface area contributed by atoms with E-state index in [0.717, 1.165) is 11.1 Å². The van der Waals surface area contributed by atoms with Gasteiger partial charge in [-0.2, -0.15) is 9.94 Å². The van der Waals surface area contributed by atoms with E-state index in [1.165, 1.54) is 25.3 Å². The van der Waals surface area contributed by atoms with E-state index < -0.39 is 27.8 Å². The van der Waals surface area contributed by atoms with Crippen molar-refractivity contribution < 1.29 is 17.5 Å². The molecule has 0 aliphatic rings. The summed E-state index contributed by atoms with van der Waals surface area (Å²) in [5, 5.41) is 14.2. The van der Waals surface area contributed by atoms with Gasteiger partial charge in [0, 0.05) is 16.5 Å². The number of hydrogen-bond donors (Lipinski definition) is 2. The van der Waals surface area contributed by atoms with Gasteiger partial charge in [0.1, 0.15) is 16.5 Å². The fraction of sp³-hybridized carbons (Fsp3) is 0.381. The molecule has 11 heteroatoms. The number of aromatic nitrogens is 4. The Morgan fingerprint density at radius 3 is 2.56 bits per heavy atom. The molecule has 0 aliphatic heterocycles. The second-order valence-electron chi connectivity index (χ2n) is 7.47. The average molecular weight is 482 g/mol. The van der Waals surface area contributed by atoms with Crippen molar-refractivity contribution in [2.75, 3.05) is 7.11 Å². The van der Waals surface area contributed by atoms with Gasteiger partial charge in [-0.05, 0) is 55.2 Å². The van der Waals surface area contributed by atoms with Crippen molar-refractivity contribution in [3.63, 3.8) is 0 Å². The number of H-pyrrole nitrogens is 1. The molecule has 1 aromatic heterocycles. The van der Waals surface area contributed by atoms with E-state index in [-0.39, 0.29) is 16.5 Å². The van der Waals surface area contributed by atoms with Crippen LogP contribution in [0.1, 0.15) is 53.9 Å². The van der Waals surface area contributed by atoms with Gasteiger partial charge in [0.05, 0.1) is 13.2 Å². The first-order valence-electron chi connectivity index (χ1n) is 9.99. The molecule has 0 spiro atoms. The number of ether oxygens (including phenoxy) is 1. The summed E-state index contributed by atoms with van der Waals surface area (Å²) in [4.78, 5) is -0.0802. The highest BCUT2D eigenvalue weighted by Crippen LogP contribution is 2.37. The van der Waals surface area contributed by atoms with Crippen LogP contribution < -0.4 is 9.46 Å². The Morgan fingerprint density at radius 1 is 1.25 bits per heavy atom. The number of halogens is 2. The third-order valence-electron chi connectivity index (χ3n) is 5.62. The van der Waals surface area contributed by atoms with E-state index >= 15 is 0 Å². The minimum atomic E-state index is -4.14. The Hall–Kier alpha value is -2.56. The fourth-order valence-electron chi connectivity index (χ4n) is 3.79. The van der Waals surface area contributed by atoms with Gasteiger partial charge in [-0.3, -0.25) is 0 Å². The number of nitrogens with one attached hydrogen (secondary N) is 2. The maximum Gasteiger partial charge on any atom is 0.244 e. The Balaban J connectivity index is 2.11. The molecule has 0 bridgehead atoms. The molecule has 1 heterocycles. The molecular formula is C21H25ClFN5O3S. The smallest absolute Gasteiger partial charge is 0.244 e. The molecule has 0 saturated heterocycles. The third kappa shape index (κ3) is 4.48. The minimum Gasteiger partial charge on any atom is -0.495 e. The van der Waals surface area contributed by atoms with Crippen molar-refractivity contribution in [1.82, 2.24) is 25.3 Å². The summed E-state index contributed by atoms with van der Waals surface area (Å²) < 4.78 is 49.8. The molecule has 0 unspecified atom stereocenters. The number of rotatable bonds is 8. The van der Waals surface area contributed by atoms with Crippen molar-refractivity contribution in [2.24, 2.45) is 0 Å². The highest BCUT2D eigenvalue weighted by atomic mass is 35.5. The Labute approximate surface area is 191 Å². The largest absolute Gasteiger partial charge is 0.495 e. The van der Waals surface area contributed by atoms with Crippen molar-refractivity contribution in [1.29, 1.82) is 0 Å². The van der Waals surface area contributed by atoms with Crippen LogP contribution in [0, 0.1) is 19.7 Å².